The minimum Gasteiger partial charge on any atom is -0.271 e. The predicted octanol–water partition coefficient (Wildman–Crippen LogP) is 2.35. The number of nitrogens with two attached hydrogens (primary N) is 1. The number of nitrogens with one attached hydrogen (secondary N) is 1. The van der Waals surface area contributed by atoms with E-state index in [2.05, 4.69) is 35.4 Å². The summed E-state index contributed by atoms with van der Waals surface area (Å²) in [4.78, 5) is 1.15. The van der Waals surface area contributed by atoms with Crippen LogP contribution in [0.15, 0.2) is 12.2 Å². The molecule has 5 heteroatoms. The predicted molar refractivity (Wildman–Crippen MR) is 68.0 cm³/mol. The van der Waals surface area contributed by atoms with Gasteiger partial charge >= 0.3 is 0 Å². The number of hydrazine groups is 1. The first-order valence-electron chi connectivity index (χ1n) is 5.66. The molecule has 90 valence electrons. The molecule has 0 saturated carbocycles. The maximum atomic E-state index is 5.59. The number of aromatic nitrogens is 2. The van der Waals surface area contributed by atoms with E-state index in [1.165, 1.54) is 17.1 Å². The Balaban J connectivity index is 2.77. The third-order valence-electron chi connectivity index (χ3n) is 2.58. The lowest BCUT2D eigenvalue weighted by Gasteiger charge is -2.15. The summed E-state index contributed by atoms with van der Waals surface area (Å²) in [5, 5.41) is 4.15. The van der Waals surface area contributed by atoms with Gasteiger partial charge in [-0.1, -0.05) is 36.9 Å². The van der Waals surface area contributed by atoms with Gasteiger partial charge in [0.15, 0.2) is 0 Å². The highest BCUT2D eigenvalue weighted by molar-refractivity contribution is 7.05. The second-order valence-corrected chi connectivity index (χ2v) is 4.65. The second kappa shape index (κ2) is 6.73. The number of nitrogens with zero attached hydrogens (tertiary/aromatic N) is 2. The van der Waals surface area contributed by atoms with Gasteiger partial charge in [-0.25, -0.2) is 0 Å². The van der Waals surface area contributed by atoms with Gasteiger partial charge in [0.2, 0.25) is 0 Å². The van der Waals surface area contributed by atoms with Gasteiger partial charge in [0, 0.05) is 0 Å². The van der Waals surface area contributed by atoms with Gasteiger partial charge in [0.1, 0.15) is 0 Å². The molecule has 1 rings (SSSR count). The van der Waals surface area contributed by atoms with Crippen LogP contribution in [0.4, 0.5) is 0 Å². The smallest absolute Gasteiger partial charge is 0.0804 e. The van der Waals surface area contributed by atoms with Crippen LogP contribution in [-0.2, 0) is 6.42 Å². The van der Waals surface area contributed by atoms with E-state index in [0.717, 1.165) is 36.3 Å². The zero-order valence-corrected chi connectivity index (χ0v) is 10.8. The standard InChI is InChI=1S/C11H20N4S/c1-4-6-9-11(16-15-14-9)10(13-12)7-8(3)5-2/h10,13H,3-7,12H2,1-2H3. The molecule has 0 bridgehead atoms. The molecule has 1 unspecified atom stereocenters. The van der Waals surface area contributed by atoms with Crippen LogP contribution in [0.3, 0.4) is 0 Å². The van der Waals surface area contributed by atoms with Crippen molar-refractivity contribution in [2.45, 2.75) is 45.6 Å². The summed E-state index contributed by atoms with van der Waals surface area (Å²) >= 11 is 1.43. The zero-order valence-electron chi connectivity index (χ0n) is 9.99. The first-order chi connectivity index (χ1) is 7.72. The molecule has 0 aliphatic heterocycles. The Labute approximate surface area is 101 Å². The van der Waals surface area contributed by atoms with Crippen molar-refractivity contribution >= 4 is 11.5 Å². The van der Waals surface area contributed by atoms with E-state index in [1.54, 1.807) is 0 Å². The molecule has 3 N–H and O–H groups in total. The maximum Gasteiger partial charge on any atom is 0.0804 e. The van der Waals surface area contributed by atoms with Crippen molar-refractivity contribution in [1.82, 2.24) is 15.0 Å². The van der Waals surface area contributed by atoms with E-state index in [1.807, 2.05) is 0 Å². The largest absolute Gasteiger partial charge is 0.271 e. The minimum atomic E-state index is 0.106. The van der Waals surface area contributed by atoms with Gasteiger partial charge in [-0.05, 0) is 30.8 Å². The third kappa shape index (κ3) is 3.37. The van der Waals surface area contributed by atoms with E-state index < -0.39 is 0 Å². The van der Waals surface area contributed by atoms with Crippen LogP contribution in [-0.4, -0.2) is 9.59 Å². The van der Waals surface area contributed by atoms with Crippen LogP contribution in [0.2, 0.25) is 0 Å². The Kier molecular flexibility index (Phi) is 5.59. The lowest BCUT2D eigenvalue weighted by molar-refractivity contribution is 0.547. The lowest BCUT2D eigenvalue weighted by Crippen LogP contribution is -2.28. The topological polar surface area (TPSA) is 63.8 Å². The fourth-order valence-electron chi connectivity index (χ4n) is 1.55. The van der Waals surface area contributed by atoms with Crippen molar-refractivity contribution in [2.75, 3.05) is 0 Å². The number of hydrogen-bond acceptors (Lipinski definition) is 5. The Morgan fingerprint density at radius 3 is 2.88 bits per heavy atom. The van der Waals surface area contributed by atoms with Crippen LogP contribution in [0.25, 0.3) is 0 Å². The SMILES string of the molecule is C=C(CC)CC(NN)c1snnc1CCC. The highest BCUT2D eigenvalue weighted by atomic mass is 32.1. The molecular weight excluding hydrogens is 220 g/mol. The summed E-state index contributed by atoms with van der Waals surface area (Å²) in [5.74, 6) is 5.59. The van der Waals surface area contributed by atoms with Crippen molar-refractivity contribution in [3.05, 3.63) is 22.7 Å². The summed E-state index contributed by atoms with van der Waals surface area (Å²) in [6.45, 7) is 8.26. The fraction of sp³-hybridized carbons (Fsp3) is 0.636. The highest BCUT2D eigenvalue weighted by Gasteiger charge is 2.18. The molecule has 0 fully saturated rings. The Hall–Kier alpha value is -0.780. The summed E-state index contributed by atoms with van der Waals surface area (Å²) in [6, 6.07) is 0.106. The molecule has 1 atom stereocenters. The van der Waals surface area contributed by atoms with Crippen molar-refractivity contribution in [1.29, 1.82) is 0 Å². The van der Waals surface area contributed by atoms with Crippen LogP contribution in [0.5, 0.6) is 0 Å². The quantitative estimate of drug-likeness (QED) is 0.436. The number of rotatable bonds is 7. The molecule has 16 heavy (non-hydrogen) atoms. The molecule has 1 heterocycles. The van der Waals surface area contributed by atoms with Crippen molar-refractivity contribution in [3.63, 3.8) is 0 Å². The van der Waals surface area contributed by atoms with E-state index >= 15 is 0 Å². The second-order valence-electron chi connectivity index (χ2n) is 3.86. The van der Waals surface area contributed by atoms with Crippen LogP contribution >= 0.6 is 11.5 Å². The number of aryl methyl sites for hydroxylation is 1. The van der Waals surface area contributed by atoms with Crippen LogP contribution in [0, 0.1) is 0 Å². The van der Waals surface area contributed by atoms with E-state index in [0.29, 0.717) is 0 Å². The Morgan fingerprint density at radius 1 is 1.56 bits per heavy atom. The van der Waals surface area contributed by atoms with E-state index in [-0.39, 0.29) is 6.04 Å². The van der Waals surface area contributed by atoms with Gasteiger partial charge < -0.3 is 0 Å². The molecule has 0 aliphatic rings. The van der Waals surface area contributed by atoms with Crippen LogP contribution in [0.1, 0.15) is 49.7 Å². The maximum absolute atomic E-state index is 5.59. The molecule has 1 aromatic rings. The lowest BCUT2D eigenvalue weighted by atomic mass is 10.0. The fourth-order valence-corrected chi connectivity index (χ4v) is 2.30. The summed E-state index contributed by atoms with van der Waals surface area (Å²) < 4.78 is 4.01. The Morgan fingerprint density at radius 2 is 2.31 bits per heavy atom. The van der Waals surface area contributed by atoms with Gasteiger partial charge in [-0.3, -0.25) is 11.3 Å². The van der Waals surface area contributed by atoms with E-state index in [9.17, 15) is 0 Å². The summed E-state index contributed by atoms with van der Waals surface area (Å²) in [5.41, 5.74) is 5.10. The highest BCUT2D eigenvalue weighted by Crippen LogP contribution is 2.26. The summed E-state index contributed by atoms with van der Waals surface area (Å²) in [7, 11) is 0. The van der Waals surface area contributed by atoms with Crippen LogP contribution < -0.4 is 11.3 Å². The van der Waals surface area contributed by atoms with Crippen molar-refractivity contribution < 1.29 is 0 Å². The average molecular weight is 240 g/mol. The van der Waals surface area contributed by atoms with Gasteiger partial charge in [-0.2, -0.15) is 0 Å². The molecule has 0 saturated heterocycles. The van der Waals surface area contributed by atoms with Crippen molar-refractivity contribution in [2.24, 2.45) is 5.84 Å². The summed E-state index contributed by atoms with van der Waals surface area (Å²) in [6.07, 6.45) is 3.87. The monoisotopic (exact) mass is 240 g/mol. The molecular formula is C11H20N4S. The number of hydrogen-bond donors (Lipinski definition) is 2. The van der Waals surface area contributed by atoms with Gasteiger partial charge in [0.25, 0.3) is 0 Å². The first kappa shape index (κ1) is 13.3. The molecule has 0 aromatic carbocycles. The zero-order chi connectivity index (χ0) is 12.0. The Bertz CT molecular complexity index is 334. The molecule has 0 radical (unpaired) electrons. The van der Waals surface area contributed by atoms with Crippen molar-refractivity contribution in [3.8, 4) is 0 Å². The molecule has 0 aliphatic carbocycles. The van der Waals surface area contributed by atoms with E-state index in [4.69, 9.17) is 5.84 Å². The third-order valence-corrected chi connectivity index (χ3v) is 3.46. The van der Waals surface area contributed by atoms with Gasteiger partial charge in [0.05, 0.1) is 16.6 Å². The average Bonchev–Trinajstić information content (AvgIpc) is 2.74. The first-order valence-corrected chi connectivity index (χ1v) is 6.44. The molecule has 0 amide bonds. The molecule has 4 nitrogen and oxygen atoms in total. The molecule has 1 aromatic heterocycles. The molecule has 0 spiro atoms. The minimum absolute atomic E-state index is 0.106. The van der Waals surface area contributed by atoms with Gasteiger partial charge in [-0.15, -0.1) is 5.10 Å². The normalized spacial score (nSPS) is 12.7.